The molecule has 3 fully saturated rings. The van der Waals surface area contributed by atoms with Crippen molar-refractivity contribution in [2.24, 2.45) is 28.6 Å². The summed E-state index contributed by atoms with van der Waals surface area (Å²) in [5.41, 5.74) is -1.91. The fraction of sp³-hybridized carbons (Fsp3) is 0.810. The Bertz CT molecular complexity index is 910. The van der Waals surface area contributed by atoms with E-state index in [0.29, 0.717) is 19.3 Å². The summed E-state index contributed by atoms with van der Waals surface area (Å²) in [4.78, 5) is 24.7. The molecule has 0 aliphatic heterocycles. The van der Waals surface area contributed by atoms with Crippen molar-refractivity contribution in [3.05, 3.63) is 11.6 Å². The van der Waals surface area contributed by atoms with Gasteiger partial charge in [0.1, 0.15) is 12.2 Å². The molecule has 0 amide bonds. The van der Waals surface area contributed by atoms with Crippen LogP contribution in [0.25, 0.3) is 0 Å². The maximum atomic E-state index is 12.8. The van der Waals surface area contributed by atoms with Gasteiger partial charge >= 0.3 is 10.4 Å². The van der Waals surface area contributed by atoms with Gasteiger partial charge in [-0.05, 0) is 67.8 Å². The van der Waals surface area contributed by atoms with Crippen LogP contribution < -0.4 is 0 Å². The summed E-state index contributed by atoms with van der Waals surface area (Å²) in [6.07, 6.45) is 4.67. The standard InChI is InChI=1S/C21H30O8S/c1-19-7-5-13(22)9-12(19)3-4-14-15-6-8-21(25,17(24)11-29-30(26,27)28)20(15,2)10-16(23)18(14)19/h9,14-16,18,23,25H,3-8,10-11H2,1-2H3,(H,26,27,28). The van der Waals surface area contributed by atoms with Gasteiger partial charge in [-0.1, -0.05) is 19.4 Å². The highest BCUT2D eigenvalue weighted by Crippen LogP contribution is 2.67. The van der Waals surface area contributed by atoms with Crippen LogP contribution in [0.5, 0.6) is 0 Å². The second kappa shape index (κ2) is 6.93. The first-order chi connectivity index (χ1) is 13.8. The molecule has 4 rings (SSSR count). The van der Waals surface area contributed by atoms with Crippen LogP contribution >= 0.6 is 0 Å². The summed E-state index contributed by atoms with van der Waals surface area (Å²) in [6, 6.07) is 0. The van der Waals surface area contributed by atoms with Gasteiger partial charge in [-0.15, -0.1) is 0 Å². The number of fused-ring (bicyclic) bond motifs is 5. The number of Topliss-reactive ketones (excluding diaryl/α,β-unsaturated/α-hetero) is 1. The highest BCUT2D eigenvalue weighted by atomic mass is 32.3. The number of rotatable bonds is 4. The maximum absolute atomic E-state index is 12.8. The van der Waals surface area contributed by atoms with Crippen LogP contribution in [-0.4, -0.2) is 53.1 Å². The lowest BCUT2D eigenvalue weighted by Crippen LogP contribution is -2.62. The monoisotopic (exact) mass is 442 g/mol. The Kier molecular flexibility index (Phi) is 5.10. The highest BCUT2D eigenvalue weighted by molar-refractivity contribution is 7.80. The number of hydrogen-bond acceptors (Lipinski definition) is 7. The number of aliphatic hydroxyl groups excluding tert-OH is 1. The predicted molar refractivity (Wildman–Crippen MR) is 106 cm³/mol. The smallest absolute Gasteiger partial charge is 0.393 e. The van der Waals surface area contributed by atoms with Crippen molar-refractivity contribution < 1.29 is 37.0 Å². The van der Waals surface area contributed by atoms with Crippen molar-refractivity contribution in [1.82, 2.24) is 0 Å². The highest BCUT2D eigenvalue weighted by Gasteiger charge is 2.68. The van der Waals surface area contributed by atoms with Crippen LogP contribution in [0.4, 0.5) is 0 Å². The maximum Gasteiger partial charge on any atom is 0.397 e. The molecule has 7 atom stereocenters. The van der Waals surface area contributed by atoms with E-state index >= 15 is 0 Å². The largest absolute Gasteiger partial charge is 0.397 e. The molecular weight excluding hydrogens is 412 g/mol. The third kappa shape index (κ3) is 3.12. The minimum atomic E-state index is -4.80. The topological polar surface area (TPSA) is 138 Å². The molecule has 0 radical (unpaired) electrons. The molecule has 168 valence electrons. The van der Waals surface area contributed by atoms with Gasteiger partial charge in [0.2, 0.25) is 0 Å². The lowest BCUT2D eigenvalue weighted by molar-refractivity contribution is -0.181. The average Bonchev–Trinajstić information content (AvgIpc) is 2.91. The molecule has 4 aliphatic carbocycles. The van der Waals surface area contributed by atoms with E-state index in [2.05, 4.69) is 11.1 Å². The van der Waals surface area contributed by atoms with E-state index in [1.165, 1.54) is 0 Å². The van der Waals surface area contributed by atoms with Crippen LogP contribution in [-0.2, 0) is 24.2 Å². The zero-order valence-electron chi connectivity index (χ0n) is 17.3. The summed E-state index contributed by atoms with van der Waals surface area (Å²) in [5, 5.41) is 22.6. The third-order valence-corrected chi connectivity index (χ3v) is 9.26. The van der Waals surface area contributed by atoms with E-state index in [1.807, 2.05) is 0 Å². The normalized spacial score (nSPS) is 45.9. The van der Waals surface area contributed by atoms with Crippen molar-refractivity contribution in [3.8, 4) is 0 Å². The number of hydrogen-bond donors (Lipinski definition) is 3. The predicted octanol–water partition coefficient (Wildman–Crippen LogP) is 1.61. The van der Waals surface area contributed by atoms with Gasteiger partial charge in [0.15, 0.2) is 11.6 Å². The molecule has 3 saturated carbocycles. The molecule has 0 aromatic carbocycles. The first-order valence-electron chi connectivity index (χ1n) is 10.6. The minimum Gasteiger partial charge on any atom is -0.393 e. The fourth-order valence-electron chi connectivity index (χ4n) is 7.40. The molecule has 0 aromatic rings. The lowest BCUT2D eigenvalue weighted by Gasteiger charge is -2.60. The number of ketones is 2. The van der Waals surface area contributed by atoms with Gasteiger partial charge in [-0.2, -0.15) is 8.42 Å². The van der Waals surface area contributed by atoms with E-state index in [-0.39, 0.29) is 41.8 Å². The molecule has 0 aromatic heterocycles. The first kappa shape index (κ1) is 22.1. The Morgan fingerprint density at radius 2 is 1.93 bits per heavy atom. The Labute approximate surface area is 176 Å². The van der Waals surface area contributed by atoms with E-state index in [1.54, 1.807) is 13.0 Å². The number of allylic oxidation sites excluding steroid dienone is 1. The van der Waals surface area contributed by atoms with Gasteiger partial charge in [0.25, 0.3) is 0 Å². The number of aliphatic hydroxyl groups is 2. The lowest BCUT2D eigenvalue weighted by atomic mass is 9.45. The summed E-state index contributed by atoms with van der Waals surface area (Å²) >= 11 is 0. The molecule has 0 saturated heterocycles. The zero-order chi connectivity index (χ0) is 22.1. The first-order valence-corrected chi connectivity index (χ1v) is 12.0. The van der Waals surface area contributed by atoms with Crippen LogP contribution in [0.15, 0.2) is 11.6 Å². The summed E-state index contributed by atoms with van der Waals surface area (Å²) < 4.78 is 34.8. The quantitative estimate of drug-likeness (QED) is 0.558. The van der Waals surface area contributed by atoms with E-state index in [9.17, 15) is 28.2 Å². The summed E-state index contributed by atoms with van der Waals surface area (Å²) in [5.74, 6) is -0.618. The van der Waals surface area contributed by atoms with Crippen molar-refractivity contribution in [2.75, 3.05) is 6.61 Å². The third-order valence-electron chi connectivity index (χ3n) is 8.85. The van der Waals surface area contributed by atoms with Crippen molar-refractivity contribution in [2.45, 2.75) is 70.5 Å². The van der Waals surface area contributed by atoms with Crippen LogP contribution in [0.2, 0.25) is 0 Å². The second-order valence-corrected chi connectivity index (χ2v) is 11.2. The van der Waals surface area contributed by atoms with Gasteiger partial charge in [0.05, 0.1) is 6.10 Å². The van der Waals surface area contributed by atoms with Crippen LogP contribution in [0, 0.1) is 28.6 Å². The van der Waals surface area contributed by atoms with Crippen LogP contribution in [0.1, 0.15) is 58.8 Å². The SMILES string of the molecule is CC12CCC(=O)C=C1CCC1C2C(O)CC2(C)C1CCC2(O)C(=O)COS(=O)(=O)O. The molecule has 0 spiro atoms. The molecular formula is C21H30O8S. The van der Waals surface area contributed by atoms with Crippen molar-refractivity contribution >= 4 is 22.0 Å². The molecule has 7 unspecified atom stereocenters. The van der Waals surface area contributed by atoms with E-state index in [0.717, 1.165) is 18.4 Å². The average molecular weight is 443 g/mol. The number of carbonyl (C=O) groups is 2. The molecule has 8 nitrogen and oxygen atoms in total. The molecule has 3 N–H and O–H groups in total. The van der Waals surface area contributed by atoms with Gasteiger partial charge in [0, 0.05) is 11.8 Å². The minimum absolute atomic E-state index is 0.0124. The van der Waals surface area contributed by atoms with E-state index in [4.69, 9.17) is 4.55 Å². The Morgan fingerprint density at radius 3 is 2.60 bits per heavy atom. The zero-order valence-corrected chi connectivity index (χ0v) is 18.2. The van der Waals surface area contributed by atoms with Gasteiger partial charge < -0.3 is 10.2 Å². The number of carbonyl (C=O) groups excluding carboxylic acids is 2. The molecule has 0 heterocycles. The molecule has 9 heteroatoms. The molecule has 4 aliphatic rings. The van der Waals surface area contributed by atoms with Crippen molar-refractivity contribution in [1.29, 1.82) is 0 Å². The second-order valence-electron chi connectivity index (χ2n) is 10.1. The van der Waals surface area contributed by atoms with E-state index < -0.39 is 39.9 Å². The van der Waals surface area contributed by atoms with Crippen LogP contribution in [0.3, 0.4) is 0 Å². The van der Waals surface area contributed by atoms with Crippen molar-refractivity contribution in [3.63, 3.8) is 0 Å². The molecule has 0 bridgehead atoms. The Morgan fingerprint density at radius 1 is 1.23 bits per heavy atom. The van der Waals surface area contributed by atoms with Gasteiger partial charge in [-0.25, -0.2) is 4.18 Å². The fourth-order valence-corrected chi connectivity index (χ4v) is 7.65. The Hall–Kier alpha value is -1.13. The Balaban J connectivity index is 1.65. The summed E-state index contributed by atoms with van der Waals surface area (Å²) in [7, 11) is -4.80. The molecule has 30 heavy (non-hydrogen) atoms. The van der Waals surface area contributed by atoms with Gasteiger partial charge in [-0.3, -0.25) is 14.1 Å². The summed E-state index contributed by atoms with van der Waals surface area (Å²) in [6.45, 7) is 2.99.